The highest BCUT2D eigenvalue weighted by molar-refractivity contribution is 5.69. The molecule has 0 aromatic heterocycles. The molecule has 1 aromatic carbocycles. The van der Waals surface area contributed by atoms with Crippen LogP contribution in [0.1, 0.15) is 30.9 Å². The van der Waals surface area contributed by atoms with Crippen molar-refractivity contribution in [1.29, 1.82) is 0 Å². The minimum atomic E-state index is -0.267. The van der Waals surface area contributed by atoms with E-state index in [1.165, 1.54) is 6.42 Å². The Labute approximate surface area is 94.8 Å². The highest BCUT2D eigenvalue weighted by Crippen LogP contribution is 2.40. The van der Waals surface area contributed by atoms with Gasteiger partial charge in [-0.25, -0.2) is 4.79 Å². The summed E-state index contributed by atoms with van der Waals surface area (Å²) in [5, 5.41) is 2.92. The zero-order valence-corrected chi connectivity index (χ0v) is 9.06. The van der Waals surface area contributed by atoms with Crippen LogP contribution in [0.2, 0.25) is 0 Å². The van der Waals surface area contributed by atoms with Crippen molar-refractivity contribution in [2.45, 2.75) is 31.4 Å². The number of ether oxygens (including phenoxy) is 1. The standard InChI is InChI=1S/C13H15NO2/c15-13-14-11-8-4-7-10(11)12(16-13)9-5-2-1-3-6-9/h1-3,5-6,10-12H,4,7-8H2,(H,14,15)/t10-,11-,12-/m0/s1. The van der Waals surface area contributed by atoms with Crippen LogP contribution in [0.5, 0.6) is 0 Å². The van der Waals surface area contributed by atoms with Gasteiger partial charge in [0.25, 0.3) is 0 Å². The maximum Gasteiger partial charge on any atom is 0.407 e. The molecule has 1 aromatic rings. The molecule has 3 nitrogen and oxygen atoms in total. The zero-order valence-electron chi connectivity index (χ0n) is 9.06. The zero-order chi connectivity index (χ0) is 11.0. The fraction of sp³-hybridized carbons (Fsp3) is 0.462. The number of carbonyl (C=O) groups excluding carboxylic acids is 1. The second kappa shape index (κ2) is 3.81. The van der Waals surface area contributed by atoms with Gasteiger partial charge in [0.05, 0.1) is 0 Å². The number of rotatable bonds is 1. The Kier molecular flexibility index (Phi) is 2.31. The van der Waals surface area contributed by atoms with Gasteiger partial charge in [0.15, 0.2) is 0 Å². The van der Waals surface area contributed by atoms with E-state index in [1.807, 2.05) is 30.3 Å². The average Bonchev–Trinajstić information content (AvgIpc) is 2.77. The van der Waals surface area contributed by atoms with E-state index in [9.17, 15) is 4.79 Å². The van der Waals surface area contributed by atoms with E-state index in [0.717, 1.165) is 18.4 Å². The van der Waals surface area contributed by atoms with E-state index >= 15 is 0 Å². The molecular weight excluding hydrogens is 202 g/mol. The number of benzene rings is 1. The van der Waals surface area contributed by atoms with Gasteiger partial charge >= 0.3 is 6.09 Å². The van der Waals surface area contributed by atoms with Gasteiger partial charge in [-0.3, -0.25) is 0 Å². The minimum absolute atomic E-state index is 0.0533. The fourth-order valence-corrected chi connectivity index (χ4v) is 2.88. The van der Waals surface area contributed by atoms with Crippen molar-refractivity contribution in [3.8, 4) is 0 Å². The van der Waals surface area contributed by atoms with Gasteiger partial charge in [-0.2, -0.15) is 0 Å². The Morgan fingerprint density at radius 1 is 1.19 bits per heavy atom. The number of nitrogens with one attached hydrogen (secondary N) is 1. The molecule has 0 spiro atoms. The Bertz CT molecular complexity index is 390. The van der Waals surface area contributed by atoms with Crippen molar-refractivity contribution in [1.82, 2.24) is 5.32 Å². The topological polar surface area (TPSA) is 38.3 Å². The first-order valence-corrected chi connectivity index (χ1v) is 5.87. The Morgan fingerprint density at radius 3 is 2.81 bits per heavy atom. The van der Waals surface area contributed by atoms with Gasteiger partial charge in [0.2, 0.25) is 0 Å². The lowest BCUT2D eigenvalue weighted by Crippen LogP contribution is -2.46. The largest absolute Gasteiger partial charge is 0.441 e. The van der Waals surface area contributed by atoms with E-state index < -0.39 is 0 Å². The Balaban J connectivity index is 1.90. The van der Waals surface area contributed by atoms with Gasteiger partial charge in [-0.05, 0) is 18.4 Å². The number of carbonyl (C=O) groups is 1. The molecule has 1 saturated heterocycles. The predicted molar refractivity (Wildman–Crippen MR) is 59.9 cm³/mol. The number of fused-ring (bicyclic) bond motifs is 1. The molecule has 1 heterocycles. The number of cyclic esters (lactones) is 1. The normalized spacial score (nSPS) is 32.8. The summed E-state index contributed by atoms with van der Waals surface area (Å²) in [6.07, 6.45) is 3.09. The highest BCUT2D eigenvalue weighted by Gasteiger charge is 2.41. The van der Waals surface area contributed by atoms with E-state index in [1.54, 1.807) is 0 Å². The second-order valence-electron chi connectivity index (χ2n) is 4.58. The van der Waals surface area contributed by atoms with Gasteiger partial charge in [0, 0.05) is 12.0 Å². The number of hydrogen-bond donors (Lipinski definition) is 1. The van der Waals surface area contributed by atoms with Crippen LogP contribution >= 0.6 is 0 Å². The van der Waals surface area contributed by atoms with E-state index in [4.69, 9.17) is 4.74 Å². The molecular formula is C13H15NO2. The molecule has 0 unspecified atom stereocenters. The van der Waals surface area contributed by atoms with Crippen molar-refractivity contribution < 1.29 is 9.53 Å². The lowest BCUT2D eigenvalue weighted by molar-refractivity contribution is 0.0237. The molecule has 1 aliphatic carbocycles. The summed E-state index contributed by atoms with van der Waals surface area (Å²) in [4.78, 5) is 11.5. The van der Waals surface area contributed by atoms with Gasteiger partial charge < -0.3 is 10.1 Å². The Hall–Kier alpha value is -1.51. The fourth-order valence-electron chi connectivity index (χ4n) is 2.88. The average molecular weight is 217 g/mol. The Morgan fingerprint density at radius 2 is 2.00 bits per heavy atom. The highest BCUT2D eigenvalue weighted by atomic mass is 16.6. The van der Waals surface area contributed by atoms with Crippen molar-refractivity contribution in [2.24, 2.45) is 5.92 Å². The summed E-state index contributed by atoms with van der Waals surface area (Å²) in [5.41, 5.74) is 1.12. The van der Waals surface area contributed by atoms with Crippen LogP contribution < -0.4 is 5.32 Å². The smallest absolute Gasteiger partial charge is 0.407 e. The van der Waals surface area contributed by atoms with Gasteiger partial charge in [0.1, 0.15) is 6.10 Å². The molecule has 16 heavy (non-hydrogen) atoms. The van der Waals surface area contributed by atoms with Crippen LogP contribution in [0.25, 0.3) is 0 Å². The molecule has 3 rings (SSSR count). The molecule has 0 bridgehead atoms. The molecule has 1 N–H and O–H groups in total. The summed E-state index contributed by atoms with van der Waals surface area (Å²) in [6, 6.07) is 10.4. The molecule has 3 atom stereocenters. The predicted octanol–water partition coefficient (Wildman–Crippen LogP) is 2.64. The first-order chi connectivity index (χ1) is 7.84. The van der Waals surface area contributed by atoms with Crippen LogP contribution in [-0.4, -0.2) is 12.1 Å². The molecule has 1 amide bonds. The van der Waals surface area contributed by atoms with E-state index in [0.29, 0.717) is 12.0 Å². The van der Waals surface area contributed by atoms with Crippen molar-refractivity contribution in [3.05, 3.63) is 35.9 Å². The second-order valence-corrected chi connectivity index (χ2v) is 4.58. The third-order valence-electron chi connectivity index (χ3n) is 3.62. The lowest BCUT2D eigenvalue weighted by Gasteiger charge is -2.34. The molecule has 1 saturated carbocycles. The van der Waals surface area contributed by atoms with Crippen LogP contribution in [0, 0.1) is 5.92 Å². The summed E-state index contributed by atoms with van der Waals surface area (Å²) >= 11 is 0. The van der Waals surface area contributed by atoms with Crippen LogP contribution in [0.3, 0.4) is 0 Å². The first kappa shape index (κ1) is 9.70. The quantitative estimate of drug-likeness (QED) is 0.785. The van der Waals surface area contributed by atoms with Gasteiger partial charge in [-0.15, -0.1) is 0 Å². The summed E-state index contributed by atoms with van der Waals surface area (Å²) < 4.78 is 5.44. The summed E-state index contributed by atoms with van der Waals surface area (Å²) in [7, 11) is 0. The summed E-state index contributed by atoms with van der Waals surface area (Å²) in [6.45, 7) is 0. The van der Waals surface area contributed by atoms with Crippen molar-refractivity contribution in [3.63, 3.8) is 0 Å². The van der Waals surface area contributed by atoms with Crippen LogP contribution in [-0.2, 0) is 4.74 Å². The van der Waals surface area contributed by atoms with Crippen LogP contribution in [0.4, 0.5) is 4.79 Å². The number of alkyl carbamates (subject to hydrolysis) is 1. The monoisotopic (exact) mass is 217 g/mol. The SMILES string of the molecule is O=C1N[C@H]2CCC[C@@H]2[C@H](c2ccccc2)O1. The molecule has 0 radical (unpaired) electrons. The van der Waals surface area contributed by atoms with Crippen molar-refractivity contribution >= 4 is 6.09 Å². The minimum Gasteiger partial charge on any atom is -0.441 e. The maximum atomic E-state index is 11.5. The molecule has 1 aliphatic heterocycles. The van der Waals surface area contributed by atoms with Crippen molar-refractivity contribution in [2.75, 3.05) is 0 Å². The van der Waals surface area contributed by atoms with E-state index in [-0.39, 0.29) is 12.2 Å². The first-order valence-electron chi connectivity index (χ1n) is 5.87. The third kappa shape index (κ3) is 1.56. The van der Waals surface area contributed by atoms with E-state index in [2.05, 4.69) is 5.32 Å². The molecule has 3 heteroatoms. The van der Waals surface area contributed by atoms with Gasteiger partial charge in [-0.1, -0.05) is 36.8 Å². The molecule has 84 valence electrons. The third-order valence-corrected chi connectivity index (χ3v) is 3.62. The maximum absolute atomic E-state index is 11.5. The molecule has 2 aliphatic rings. The van der Waals surface area contributed by atoms with Crippen LogP contribution in [0.15, 0.2) is 30.3 Å². The number of amides is 1. The number of hydrogen-bond acceptors (Lipinski definition) is 2. The molecule has 2 fully saturated rings. The summed E-state index contributed by atoms with van der Waals surface area (Å²) in [5.74, 6) is 0.445. The lowest BCUT2D eigenvalue weighted by atomic mass is 9.90.